The van der Waals surface area contributed by atoms with Gasteiger partial charge < -0.3 is 4.42 Å². The molecule has 0 aliphatic rings. The fraction of sp³-hybridized carbons (Fsp3) is 0.250. The van der Waals surface area contributed by atoms with Crippen LogP contribution in [0.2, 0.25) is 5.02 Å². The third-order valence-corrected chi connectivity index (χ3v) is 2.74. The molecule has 0 radical (unpaired) electrons. The van der Waals surface area contributed by atoms with Gasteiger partial charge in [0.2, 0.25) is 5.91 Å². The summed E-state index contributed by atoms with van der Waals surface area (Å²) in [7, 11) is 0. The smallest absolute Gasteiger partial charge is 0.348 e. The number of anilines is 1. The van der Waals surface area contributed by atoms with Crippen LogP contribution in [0.5, 0.6) is 0 Å². The average molecular weight is 267 g/mol. The molecule has 2 aromatic rings. The minimum absolute atomic E-state index is 0.00447. The molecule has 1 aromatic heterocycles. The molecule has 0 bridgehead atoms. The maximum absolute atomic E-state index is 11.8. The first-order chi connectivity index (χ1) is 8.52. The number of amides is 1. The van der Waals surface area contributed by atoms with Crippen LogP contribution in [0.3, 0.4) is 0 Å². The Hall–Kier alpha value is -1.88. The monoisotopic (exact) mass is 266 g/mol. The molecule has 1 aromatic carbocycles. The van der Waals surface area contributed by atoms with Gasteiger partial charge in [0.05, 0.1) is 10.9 Å². The third-order valence-electron chi connectivity index (χ3n) is 2.51. The van der Waals surface area contributed by atoms with Crippen LogP contribution < -0.4 is 10.5 Å². The number of aromatic nitrogens is 1. The standard InChI is InChI=1S/C12H11ClN2O3/c1-3-15(7(2)16)12-14-10-5-4-8(13)6-9(10)11(17)18-12/h4-6H,3H2,1-2H3. The van der Waals surface area contributed by atoms with Gasteiger partial charge in [0.15, 0.2) is 0 Å². The van der Waals surface area contributed by atoms with Crippen molar-refractivity contribution in [2.75, 3.05) is 11.4 Å². The summed E-state index contributed by atoms with van der Waals surface area (Å²) in [6, 6.07) is 4.74. The lowest BCUT2D eigenvalue weighted by Crippen LogP contribution is -2.29. The zero-order chi connectivity index (χ0) is 13.3. The second-order valence-electron chi connectivity index (χ2n) is 3.71. The molecule has 1 amide bonds. The molecule has 0 N–H and O–H groups in total. The average Bonchev–Trinajstić information content (AvgIpc) is 2.30. The lowest BCUT2D eigenvalue weighted by atomic mass is 10.2. The van der Waals surface area contributed by atoms with Crippen LogP contribution in [-0.4, -0.2) is 17.4 Å². The summed E-state index contributed by atoms with van der Waals surface area (Å²) in [6.07, 6.45) is 0. The molecule has 5 nitrogen and oxygen atoms in total. The summed E-state index contributed by atoms with van der Waals surface area (Å²) in [4.78, 5) is 28.6. The van der Waals surface area contributed by atoms with Crippen LogP contribution in [0, 0.1) is 0 Å². The molecule has 0 saturated carbocycles. The lowest BCUT2D eigenvalue weighted by molar-refractivity contribution is -0.116. The van der Waals surface area contributed by atoms with Crippen LogP contribution in [0.25, 0.3) is 10.9 Å². The van der Waals surface area contributed by atoms with E-state index in [0.717, 1.165) is 0 Å². The Morgan fingerprint density at radius 2 is 2.22 bits per heavy atom. The first-order valence-corrected chi connectivity index (χ1v) is 5.79. The van der Waals surface area contributed by atoms with Crippen LogP contribution in [0.4, 0.5) is 6.01 Å². The Morgan fingerprint density at radius 3 is 2.83 bits per heavy atom. The summed E-state index contributed by atoms with van der Waals surface area (Å²) in [5, 5.41) is 0.731. The minimum atomic E-state index is -0.558. The number of rotatable bonds is 2. The van der Waals surface area contributed by atoms with E-state index < -0.39 is 5.63 Å². The number of nitrogens with zero attached hydrogens (tertiary/aromatic N) is 2. The quantitative estimate of drug-likeness (QED) is 0.836. The van der Waals surface area contributed by atoms with E-state index >= 15 is 0 Å². The number of carbonyl (C=O) groups is 1. The van der Waals surface area contributed by atoms with E-state index in [1.165, 1.54) is 17.9 Å². The van der Waals surface area contributed by atoms with Gasteiger partial charge in [-0.2, -0.15) is 4.98 Å². The maximum atomic E-state index is 11.8. The molecule has 0 aliphatic carbocycles. The van der Waals surface area contributed by atoms with Gasteiger partial charge in [-0.1, -0.05) is 11.6 Å². The molecule has 2 rings (SSSR count). The number of halogens is 1. The van der Waals surface area contributed by atoms with Crippen LogP contribution in [0.1, 0.15) is 13.8 Å². The van der Waals surface area contributed by atoms with Crippen molar-refractivity contribution in [3.05, 3.63) is 33.6 Å². The summed E-state index contributed by atoms with van der Waals surface area (Å²) >= 11 is 5.80. The molecule has 18 heavy (non-hydrogen) atoms. The van der Waals surface area contributed by atoms with Crippen molar-refractivity contribution in [1.82, 2.24) is 4.98 Å². The number of carbonyl (C=O) groups excluding carboxylic acids is 1. The van der Waals surface area contributed by atoms with Gasteiger partial charge in [-0.25, -0.2) is 4.79 Å². The second kappa shape index (κ2) is 4.78. The summed E-state index contributed by atoms with van der Waals surface area (Å²) < 4.78 is 5.04. The van der Waals surface area contributed by atoms with Gasteiger partial charge >= 0.3 is 11.6 Å². The molecule has 1 heterocycles. The summed E-state index contributed by atoms with van der Waals surface area (Å²) in [5.74, 6) is -0.235. The lowest BCUT2D eigenvalue weighted by Gasteiger charge is -2.15. The van der Waals surface area contributed by atoms with Crippen LogP contribution >= 0.6 is 11.6 Å². The van der Waals surface area contributed by atoms with Crippen LogP contribution in [0.15, 0.2) is 27.4 Å². The summed E-state index contributed by atoms with van der Waals surface area (Å²) in [5.41, 5.74) is -0.109. The number of benzene rings is 1. The van der Waals surface area contributed by atoms with Crippen molar-refractivity contribution in [2.24, 2.45) is 0 Å². The van der Waals surface area contributed by atoms with E-state index in [2.05, 4.69) is 4.98 Å². The van der Waals surface area contributed by atoms with E-state index in [1.807, 2.05) is 0 Å². The normalized spacial score (nSPS) is 10.6. The van der Waals surface area contributed by atoms with E-state index in [1.54, 1.807) is 19.1 Å². The van der Waals surface area contributed by atoms with Crippen molar-refractivity contribution in [2.45, 2.75) is 13.8 Å². The van der Waals surface area contributed by atoms with Crippen molar-refractivity contribution < 1.29 is 9.21 Å². The Balaban J connectivity index is 2.66. The zero-order valence-electron chi connectivity index (χ0n) is 9.94. The molecule has 0 spiro atoms. The second-order valence-corrected chi connectivity index (χ2v) is 4.15. The Kier molecular flexibility index (Phi) is 3.34. The largest absolute Gasteiger partial charge is 0.388 e. The molecule has 0 saturated heterocycles. The van der Waals surface area contributed by atoms with Gasteiger partial charge in [0.1, 0.15) is 0 Å². The topological polar surface area (TPSA) is 63.4 Å². The van der Waals surface area contributed by atoms with Crippen LogP contribution in [-0.2, 0) is 4.79 Å². The SMILES string of the molecule is CCN(C(C)=O)c1nc2ccc(Cl)cc2c(=O)o1. The molecule has 0 aliphatic heterocycles. The number of hydrogen-bond donors (Lipinski definition) is 0. The van der Waals surface area contributed by atoms with Gasteiger partial charge in [-0.05, 0) is 25.1 Å². The first-order valence-electron chi connectivity index (χ1n) is 5.41. The molecule has 6 heteroatoms. The molecule has 0 unspecified atom stereocenters. The first kappa shape index (κ1) is 12.6. The Bertz CT molecular complexity index is 666. The molecule has 0 atom stereocenters. The molecule has 0 fully saturated rings. The maximum Gasteiger partial charge on any atom is 0.348 e. The molecular weight excluding hydrogens is 256 g/mol. The highest BCUT2D eigenvalue weighted by Gasteiger charge is 2.15. The van der Waals surface area contributed by atoms with Gasteiger partial charge in [0.25, 0.3) is 0 Å². The van der Waals surface area contributed by atoms with E-state index in [0.29, 0.717) is 22.5 Å². The van der Waals surface area contributed by atoms with E-state index in [9.17, 15) is 9.59 Å². The number of fused-ring (bicyclic) bond motifs is 1. The van der Waals surface area contributed by atoms with E-state index in [-0.39, 0.29) is 11.9 Å². The predicted octanol–water partition coefficient (Wildman–Crippen LogP) is 2.21. The predicted molar refractivity (Wildman–Crippen MR) is 69.0 cm³/mol. The highest BCUT2D eigenvalue weighted by molar-refractivity contribution is 6.31. The van der Waals surface area contributed by atoms with Crippen molar-refractivity contribution in [1.29, 1.82) is 0 Å². The highest BCUT2D eigenvalue weighted by atomic mass is 35.5. The molecular formula is C12H11ClN2O3. The van der Waals surface area contributed by atoms with Crippen molar-refractivity contribution in [3.63, 3.8) is 0 Å². The zero-order valence-corrected chi connectivity index (χ0v) is 10.7. The van der Waals surface area contributed by atoms with Gasteiger partial charge in [-0.3, -0.25) is 9.69 Å². The fourth-order valence-corrected chi connectivity index (χ4v) is 1.81. The third kappa shape index (κ3) is 2.22. The molecule has 94 valence electrons. The van der Waals surface area contributed by atoms with Crippen molar-refractivity contribution >= 4 is 34.4 Å². The fourth-order valence-electron chi connectivity index (χ4n) is 1.64. The van der Waals surface area contributed by atoms with Crippen molar-refractivity contribution in [3.8, 4) is 0 Å². The van der Waals surface area contributed by atoms with Gasteiger partial charge in [-0.15, -0.1) is 0 Å². The Morgan fingerprint density at radius 1 is 1.50 bits per heavy atom. The van der Waals surface area contributed by atoms with E-state index in [4.69, 9.17) is 16.0 Å². The highest BCUT2D eigenvalue weighted by Crippen LogP contribution is 2.18. The van der Waals surface area contributed by atoms with Gasteiger partial charge in [0, 0.05) is 18.5 Å². The number of hydrogen-bond acceptors (Lipinski definition) is 4. The minimum Gasteiger partial charge on any atom is -0.388 e. The Labute approximate surface area is 108 Å². The summed E-state index contributed by atoms with van der Waals surface area (Å²) in [6.45, 7) is 3.54.